The lowest BCUT2D eigenvalue weighted by Crippen LogP contribution is -2.45. The first-order valence-corrected chi connectivity index (χ1v) is 7.29. The number of aromatic hydroxyl groups is 1. The molecule has 1 saturated heterocycles. The normalized spacial score (nSPS) is 18.2. The lowest BCUT2D eigenvalue weighted by molar-refractivity contribution is -0.138. The Balaban J connectivity index is 2.22. The molecule has 1 aliphatic rings. The number of ether oxygens (including phenoxy) is 1. The molecule has 0 aliphatic carbocycles. The second-order valence-electron chi connectivity index (χ2n) is 5.39. The number of methoxy groups -OCH3 is 1. The van der Waals surface area contributed by atoms with Gasteiger partial charge in [0, 0.05) is 38.6 Å². The van der Waals surface area contributed by atoms with Gasteiger partial charge < -0.3 is 15.2 Å². The third-order valence-corrected chi connectivity index (χ3v) is 3.88. The van der Waals surface area contributed by atoms with Crippen LogP contribution in [0, 0.1) is 0 Å². The van der Waals surface area contributed by atoms with Gasteiger partial charge in [-0.25, -0.2) is 0 Å². The highest BCUT2D eigenvalue weighted by molar-refractivity contribution is 5.42. The van der Waals surface area contributed by atoms with Gasteiger partial charge in [-0.15, -0.1) is 0 Å². The average Bonchev–Trinajstić information content (AvgIpc) is 2.49. The van der Waals surface area contributed by atoms with Crippen LogP contribution in [0.5, 0.6) is 11.5 Å². The second-order valence-corrected chi connectivity index (χ2v) is 5.39. The minimum Gasteiger partial charge on any atom is -0.504 e. The molecule has 22 heavy (non-hydrogen) atoms. The summed E-state index contributed by atoms with van der Waals surface area (Å²) < 4.78 is 42.9. The fraction of sp³-hybridized carbons (Fsp3) is 0.600. The van der Waals surface area contributed by atoms with Gasteiger partial charge in [0.2, 0.25) is 0 Å². The Kier molecular flexibility index (Phi) is 5.52. The number of alkyl halides is 3. The quantitative estimate of drug-likeness (QED) is 0.876. The number of halogens is 3. The van der Waals surface area contributed by atoms with Crippen LogP contribution >= 0.6 is 0 Å². The summed E-state index contributed by atoms with van der Waals surface area (Å²) in [6, 6.07) is 4.43. The van der Waals surface area contributed by atoms with Crippen LogP contribution in [0.1, 0.15) is 24.4 Å². The van der Waals surface area contributed by atoms with Gasteiger partial charge in [-0.1, -0.05) is 6.07 Å². The van der Waals surface area contributed by atoms with E-state index in [4.69, 9.17) is 4.74 Å². The molecule has 124 valence electrons. The van der Waals surface area contributed by atoms with Gasteiger partial charge in [0.1, 0.15) is 0 Å². The maximum absolute atomic E-state index is 12.6. The van der Waals surface area contributed by atoms with Gasteiger partial charge in [0.15, 0.2) is 11.5 Å². The van der Waals surface area contributed by atoms with Crippen molar-refractivity contribution in [3.05, 3.63) is 23.8 Å². The van der Waals surface area contributed by atoms with Crippen molar-refractivity contribution < 1.29 is 23.0 Å². The summed E-state index contributed by atoms with van der Waals surface area (Å²) >= 11 is 0. The largest absolute Gasteiger partial charge is 0.504 e. The molecule has 0 spiro atoms. The third kappa shape index (κ3) is 4.51. The van der Waals surface area contributed by atoms with E-state index in [1.807, 2.05) is 4.90 Å². The van der Waals surface area contributed by atoms with E-state index >= 15 is 0 Å². The van der Waals surface area contributed by atoms with E-state index in [9.17, 15) is 18.3 Å². The van der Waals surface area contributed by atoms with Crippen molar-refractivity contribution in [2.45, 2.75) is 25.1 Å². The zero-order valence-electron chi connectivity index (χ0n) is 12.5. The number of piperazine rings is 1. The molecule has 2 rings (SSSR count). The van der Waals surface area contributed by atoms with Crippen LogP contribution in [0.2, 0.25) is 0 Å². The monoisotopic (exact) mass is 318 g/mol. The molecule has 7 heteroatoms. The van der Waals surface area contributed by atoms with E-state index in [0.29, 0.717) is 13.1 Å². The van der Waals surface area contributed by atoms with E-state index in [-0.39, 0.29) is 24.0 Å². The Morgan fingerprint density at radius 2 is 2.00 bits per heavy atom. The molecule has 0 radical (unpaired) electrons. The molecular formula is C15H21F3N2O2. The Morgan fingerprint density at radius 3 is 2.59 bits per heavy atom. The molecule has 0 bridgehead atoms. The SMILES string of the molecule is COc1cc([C@@H](CCC(F)(F)F)N2CCNCC2)ccc1O. The minimum absolute atomic E-state index is 0.00255. The fourth-order valence-corrected chi connectivity index (χ4v) is 2.76. The number of nitrogens with one attached hydrogen (secondary N) is 1. The number of hydrogen-bond acceptors (Lipinski definition) is 4. The maximum Gasteiger partial charge on any atom is 0.389 e. The number of hydrogen-bond donors (Lipinski definition) is 2. The molecule has 1 aliphatic heterocycles. The summed E-state index contributed by atoms with van der Waals surface area (Å²) in [4.78, 5) is 2.05. The number of phenols is 1. The van der Waals surface area contributed by atoms with Crippen molar-refractivity contribution in [3.8, 4) is 11.5 Å². The molecule has 2 N–H and O–H groups in total. The van der Waals surface area contributed by atoms with E-state index in [1.54, 1.807) is 12.1 Å². The first-order valence-electron chi connectivity index (χ1n) is 7.29. The lowest BCUT2D eigenvalue weighted by Gasteiger charge is -2.35. The highest BCUT2D eigenvalue weighted by Gasteiger charge is 2.31. The summed E-state index contributed by atoms with van der Waals surface area (Å²) in [5.74, 6) is 0.269. The Hall–Kier alpha value is -1.47. The molecule has 1 heterocycles. The molecular weight excluding hydrogens is 297 g/mol. The van der Waals surface area contributed by atoms with E-state index < -0.39 is 12.6 Å². The highest BCUT2D eigenvalue weighted by atomic mass is 19.4. The van der Waals surface area contributed by atoms with Crippen molar-refractivity contribution in [1.29, 1.82) is 0 Å². The zero-order valence-corrected chi connectivity index (χ0v) is 12.5. The second kappa shape index (κ2) is 7.19. The van der Waals surface area contributed by atoms with Crippen molar-refractivity contribution in [2.24, 2.45) is 0 Å². The van der Waals surface area contributed by atoms with Crippen molar-refractivity contribution >= 4 is 0 Å². The number of phenolic OH excluding ortho intramolecular Hbond substituents is 1. The van der Waals surface area contributed by atoms with Gasteiger partial charge in [-0.2, -0.15) is 13.2 Å². The Labute approximate surface area is 127 Å². The molecule has 0 saturated carbocycles. The molecule has 0 amide bonds. The molecule has 0 unspecified atom stereocenters. The van der Waals surface area contributed by atoms with Crippen molar-refractivity contribution in [1.82, 2.24) is 10.2 Å². The first-order chi connectivity index (χ1) is 10.4. The van der Waals surface area contributed by atoms with Crippen LogP contribution in [0.25, 0.3) is 0 Å². The number of nitrogens with zero attached hydrogens (tertiary/aromatic N) is 1. The molecule has 1 aromatic carbocycles. The fourth-order valence-electron chi connectivity index (χ4n) is 2.76. The van der Waals surface area contributed by atoms with Gasteiger partial charge in [0.25, 0.3) is 0 Å². The van der Waals surface area contributed by atoms with Crippen molar-refractivity contribution in [3.63, 3.8) is 0 Å². The van der Waals surface area contributed by atoms with E-state index in [0.717, 1.165) is 18.7 Å². The highest BCUT2D eigenvalue weighted by Crippen LogP contribution is 2.35. The first kappa shape index (κ1) is 16.9. The zero-order chi connectivity index (χ0) is 16.2. The van der Waals surface area contributed by atoms with Gasteiger partial charge in [-0.05, 0) is 24.1 Å². The molecule has 1 fully saturated rings. The summed E-state index contributed by atoms with van der Waals surface area (Å²) in [7, 11) is 1.42. The van der Waals surface area contributed by atoms with Crippen LogP contribution in [0.4, 0.5) is 13.2 Å². The molecule has 0 aromatic heterocycles. The van der Waals surface area contributed by atoms with E-state index in [1.165, 1.54) is 13.2 Å². The van der Waals surface area contributed by atoms with Crippen LogP contribution < -0.4 is 10.1 Å². The molecule has 1 aromatic rings. The smallest absolute Gasteiger partial charge is 0.389 e. The topological polar surface area (TPSA) is 44.7 Å². The summed E-state index contributed by atoms with van der Waals surface area (Å²) in [6.07, 6.45) is -5.00. The number of rotatable bonds is 5. The van der Waals surface area contributed by atoms with Gasteiger partial charge in [0.05, 0.1) is 7.11 Å². The molecule has 4 nitrogen and oxygen atoms in total. The standard InChI is InChI=1S/C15H21F3N2O2/c1-22-14-10-11(2-3-13(14)21)12(4-5-15(16,17)18)20-8-6-19-7-9-20/h2-3,10,12,19,21H,4-9H2,1H3/t12-/m1/s1. The van der Waals surface area contributed by atoms with E-state index in [2.05, 4.69) is 5.32 Å². The molecule has 1 atom stereocenters. The Morgan fingerprint density at radius 1 is 1.32 bits per heavy atom. The van der Waals surface area contributed by atoms with Crippen LogP contribution in [0.3, 0.4) is 0 Å². The van der Waals surface area contributed by atoms with Crippen LogP contribution in [0.15, 0.2) is 18.2 Å². The predicted molar refractivity (Wildman–Crippen MR) is 77.1 cm³/mol. The predicted octanol–water partition coefficient (Wildman–Crippen LogP) is 2.69. The van der Waals surface area contributed by atoms with Crippen LogP contribution in [-0.2, 0) is 0 Å². The lowest BCUT2D eigenvalue weighted by atomic mass is 9.98. The summed E-state index contributed by atoms with van der Waals surface area (Å²) in [6.45, 7) is 2.92. The van der Waals surface area contributed by atoms with Crippen molar-refractivity contribution in [2.75, 3.05) is 33.3 Å². The van der Waals surface area contributed by atoms with Crippen LogP contribution in [-0.4, -0.2) is 49.5 Å². The summed E-state index contributed by atoms with van der Waals surface area (Å²) in [5, 5.41) is 12.9. The third-order valence-electron chi connectivity index (χ3n) is 3.88. The maximum atomic E-state index is 12.6. The summed E-state index contributed by atoms with van der Waals surface area (Å²) in [5.41, 5.74) is 0.737. The van der Waals surface area contributed by atoms with Gasteiger partial charge >= 0.3 is 6.18 Å². The minimum atomic E-state index is -4.17. The average molecular weight is 318 g/mol. The number of benzene rings is 1. The van der Waals surface area contributed by atoms with Gasteiger partial charge in [-0.3, -0.25) is 4.90 Å². The Bertz CT molecular complexity index is 488.